The fourth-order valence-corrected chi connectivity index (χ4v) is 3.71. The lowest BCUT2D eigenvalue weighted by atomic mass is 10.3. The van der Waals surface area contributed by atoms with Crippen molar-refractivity contribution in [2.75, 3.05) is 0 Å². The van der Waals surface area contributed by atoms with Crippen molar-refractivity contribution in [3.63, 3.8) is 0 Å². The summed E-state index contributed by atoms with van der Waals surface area (Å²) in [6.07, 6.45) is 3.41. The predicted octanol–water partition coefficient (Wildman–Crippen LogP) is 2.68. The van der Waals surface area contributed by atoms with E-state index >= 15 is 0 Å². The lowest BCUT2D eigenvalue weighted by molar-refractivity contribution is 0.580. The molecule has 0 saturated carbocycles. The Morgan fingerprint density at radius 1 is 1.05 bits per heavy atom. The summed E-state index contributed by atoms with van der Waals surface area (Å²) in [6.45, 7) is 0.165. The van der Waals surface area contributed by atoms with E-state index in [2.05, 4.69) is 14.7 Å². The van der Waals surface area contributed by atoms with Crippen LogP contribution in [0.15, 0.2) is 65.1 Å². The molecule has 0 unspecified atom stereocenters. The van der Waals surface area contributed by atoms with Crippen LogP contribution >= 0.6 is 11.3 Å². The predicted molar refractivity (Wildman–Crippen MR) is 85.8 cm³/mol. The van der Waals surface area contributed by atoms with Crippen LogP contribution in [0.25, 0.3) is 10.6 Å². The molecule has 0 radical (unpaired) electrons. The zero-order chi connectivity index (χ0) is 15.4. The fourth-order valence-electron chi connectivity index (χ4n) is 1.87. The molecule has 0 spiro atoms. The van der Waals surface area contributed by atoms with Gasteiger partial charge >= 0.3 is 0 Å². The van der Waals surface area contributed by atoms with E-state index in [1.54, 1.807) is 42.7 Å². The topological polar surface area (TPSA) is 72.0 Å². The molecular formula is C15H13N3O2S2. The van der Waals surface area contributed by atoms with Crippen LogP contribution in [0.3, 0.4) is 0 Å². The van der Waals surface area contributed by atoms with E-state index in [0.29, 0.717) is 5.69 Å². The van der Waals surface area contributed by atoms with E-state index < -0.39 is 10.0 Å². The van der Waals surface area contributed by atoms with Crippen molar-refractivity contribution < 1.29 is 8.42 Å². The van der Waals surface area contributed by atoms with Crippen molar-refractivity contribution in [2.24, 2.45) is 0 Å². The second-order valence-corrected chi connectivity index (χ2v) is 7.14. The van der Waals surface area contributed by atoms with Gasteiger partial charge in [-0.15, -0.1) is 11.3 Å². The molecule has 2 heterocycles. The first kappa shape index (κ1) is 14.8. The molecule has 0 amide bonds. The van der Waals surface area contributed by atoms with Gasteiger partial charge in [-0.3, -0.25) is 4.98 Å². The van der Waals surface area contributed by atoms with Crippen molar-refractivity contribution in [1.29, 1.82) is 0 Å². The summed E-state index contributed by atoms with van der Waals surface area (Å²) in [5.41, 5.74) is 1.66. The average Bonchev–Trinajstić information content (AvgIpc) is 3.04. The van der Waals surface area contributed by atoms with Gasteiger partial charge in [0.2, 0.25) is 10.0 Å². The molecule has 5 nitrogen and oxygen atoms in total. The molecule has 2 aromatic heterocycles. The van der Waals surface area contributed by atoms with E-state index in [-0.39, 0.29) is 11.4 Å². The third kappa shape index (κ3) is 3.38. The summed E-state index contributed by atoms with van der Waals surface area (Å²) in [7, 11) is -3.51. The minimum absolute atomic E-state index is 0.165. The minimum Gasteiger partial charge on any atom is -0.265 e. The molecule has 0 aliphatic heterocycles. The molecule has 0 aliphatic rings. The smallest absolute Gasteiger partial charge is 0.240 e. The van der Waals surface area contributed by atoms with Gasteiger partial charge in [-0.05, 0) is 24.3 Å². The number of rotatable bonds is 5. The normalized spacial score (nSPS) is 11.5. The molecule has 0 atom stereocenters. The van der Waals surface area contributed by atoms with Crippen LogP contribution < -0.4 is 4.72 Å². The monoisotopic (exact) mass is 331 g/mol. The highest BCUT2D eigenvalue weighted by atomic mass is 32.2. The molecule has 22 heavy (non-hydrogen) atoms. The average molecular weight is 331 g/mol. The first-order valence-corrected chi connectivity index (χ1v) is 8.91. The Kier molecular flexibility index (Phi) is 4.28. The van der Waals surface area contributed by atoms with Crippen LogP contribution in [0.1, 0.15) is 5.69 Å². The second kappa shape index (κ2) is 6.35. The Hall–Kier alpha value is -2.09. The van der Waals surface area contributed by atoms with E-state index in [0.717, 1.165) is 10.6 Å². The number of hydrogen-bond donors (Lipinski definition) is 1. The summed E-state index contributed by atoms with van der Waals surface area (Å²) in [5.74, 6) is 0. The molecule has 112 valence electrons. The summed E-state index contributed by atoms with van der Waals surface area (Å²) < 4.78 is 26.8. The van der Waals surface area contributed by atoms with E-state index in [9.17, 15) is 8.42 Å². The maximum Gasteiger partial charge on any atom is 0.240 e. The van der Waals surface area contributed by atoms with Crippen LogP contribution in [0.2, 0.25) is 0 Å². The van der Waals surface area contributed by atoms with Crippen LogP contribution in [0, 0.1) is 0 Å². The number of aromatic nitrogens is 2. The molecule has 1 N–H and O–H groups in total. The first-order valence-electron chi connectivity index (χ1n) is 6.55. The summed E-state index contributed by atoms with van der Waals surface area (Å²) in [4.78, 5) is 8.66. The Morgan fingerprint density at radius 3 is 2.50 bits per heavy atom. The van der Waals surface area contributed by atoms with Crippen molar-refractivity contribution in [1.82, 2.24) is 14.7 Å². The Morgan fingerprint density at radius 2 is 1.77 bits per heavy atom. The number of nitrogens with zero attached hydrogens (tertiary/aromatic N) is 2. The summed E-state index contributed by atoms with van der Waals surface area (Å²) >= 11 is 1.48. The van der Waals surface area contributed by atoms with Crippen molar-refractivity contribution in [2.45, 2.75) is 11.4 Å². The highest BCUT2D eigenvalue weighted by molar-refractivity contribution is 7.89. The number of benzene rings is 1. The maximum absolute atomic E-state index is 12.1. The van der Waals surface area contributed by atoms with Crippen LogP contribution in [-0.4, -0.2) is 18.4 Å². The van der Waals surface area contributed by atoms with Gasteiger partial charge in [0.15, 0.2) is 0 Å². The van der Waals surface area contributed by atoms with Gasteiger partial charge < -0.3 is 0 Å². The molecule has 0 fully saturated rings. The van der Waals surface area contributed by atoms with Crippen LogP contribution in [0.4, 0.5) is 0 Å². The van der Waals surface area contributed by atoms with Gasteiger partial charge in [0, 0.05) is 23.3 Å². The number of hydrogen-bond acceptors (Lipinski definition) is 5. The zero-order valence-corrected chi connectivity index (χ0v) is 13.1. The molecule has 0 bridgehead atoms. The Balaban J connectivity index is 1.72. The van der Waals surface area contributed by atoms with E-state index in [1.165, 1.54) is 11.3 Å². The standard InChI is InChI=1S/C15H13N3O2S2/c19-22(20,14-4-2-1-3-5-14)17-10-13-11-21-15(18-13)12-6-8-16-9-7-12/h1-9,11,17H,10H2. The minimum atomic E-state index is -3.51. The van der Waals surface area contributed by atoms with Gasteiger partial charge in [0.1, 0.15) is 5.01 Å². The molecule has 1 aromatic carbocycles. The largest absolute Gasteiger partial charge is 0.265 e. The maximum atomic E-state index is 12.1. The quantitative estimate of drug-likeness (QED) is 0.780. The van der Waals surface area contributed by atoms with E-state index in [1.807, 2.05) is 17.5 Å². The van der Waals surface area contributed by atoms with E-state index in [4.69, 9.17) is 0 Å². The molecule has 7 heteroatoms. The number of pyridine rings is 1. The molecule has 0 saturated heterocycles. The summed E-state index contributed by atoms with van der Waals surface area (Å²) in [6, 6.07) is 12.0. The van der Waals surface area contributed by atoms with Gasteiger partial charge in [0.25, 0.3) is 0 Å². The fraction of sp³-hybridized carbons (Fsp3) is 0.0667. The van der Waals surface area contributed by atoms with Gasteiger partial charge in [-0.1, -0.05) is 18.2 Å². The Bertz CT molecular complexity index is 847. The number of thiazole rings is 1. The van der Waals surface area contributed by atoms with Crippen molar-refractivity contribution in [3.8, 4) is 10.6 Å². The molecular weight excluding hydrogens is 318 g/mol. The molecule has 0 aliphatic carbocycles. The van der Waals surface area contributed by atoms with Crippen LogP contribution in [-0.2, 0) is 16.6 Å². The first-order chi connectivity index (χ1) is 10.6. The number of nitrogens with one attached hydrogen (secondary N) is 1. The van der Waals surface area contributed by atoms with Crippen LogP contribution in [0.5, 0.6) is 0 Å². The Labute approximate surface area is 132 Å². The second-order valence-electron chi connectivity index (χ2n) is 4.52. The SMILES string of the molecule is O=S(=O)(NCc1csc(-c2ccncc2)n1)c1ccccc1. The highest BCUT2D eigenvalue weighted by Crippen LogP contribution is 2.22. The zero-order valence-electron chi connectivity index (χ0n) is 11.5. The lowest BCUT2D eigenvalue weighted by Crippen LogP contribution is -2.23. The van der Waals surface area contributed by atoms with Gasteiger partial charge in [-0.25, -0.2) is 18.1 Å². The van der Waals surface area contributed by atoms with Crippen molar-refractivity contribution in [3.05, 3.63) is 65.9 Å². The molecule has 3 rings (SSSR count). The third-order valence-electron chi connectivity index (χ3n) is 2.98. The van der Waals surface area contributed by atoms with Gasteiger partial charge in [0.05, 0.1) is 17.1 Å². The van der Waals surface area contributed by atoms with Crippen molar-refractivity contribution >= 4 is 21.4 Å². The van der Waals surface area contributed by atoms with Gasteiger partial charge in [-0.2, -0.15) is 0 Å². The lowest BCUT2D eigenvalue weighted by Gasteiger charge is -2.04. The third-order valence-corrected chi connectivity index (χ3v) is 5.33. The number of sulfonamides is 1. The molecule has 3 aromatic rings. The highest BCUT2D eigenvalue weighted by Gasteiger charge is 2.14. The summed E-state index contributed by atoms with van der Waals surface area (Å²) in [5, 5.41) is 2.69.